The van der Waals surface area contributed by atoms with Crippen LogP contribution in [0.1, 0.15) is 18.7 Å². The Balaban J connectivity index is 1.40. The maximum Gasteiger partial charge on any atom is 0.228 e. The first kappa shape index (κ1) is 17.7. The lowest BCUT2D eigenvalue weighted by atomic mass is 10.1. The van der Waals surface area contributed by atoms with Crippen molar-refractivity contribution >= 4 is 17.4 Å². The van der Waals surface area contributed by atoms with E-state index in [0.29, 0.717) is 11.9 Å². The summed E-state index contributed by atoms with van der Waals surface area (Å²) in [4.78, 5) is 8.93. The molecule has 9 nitrogen and oxygen atoms in total. The van der Waals surface area contributed by atoms with Crippen molar-refractivity contribution in [2.24, 2.45) is 13.0 Å². The Bertz CT molecular complexity index is 1150. The van der Waals surface area contributed by atoms with Crippen LogP contribution in [-0.2, 0) is 18.2 Å². The standard InChI is InChI=1S/C20H22N8O/c1-27-17(6-9-22-27)24-20-21-8-5-15(23-20)14-7-10-28-18(11-14)25-26-19(28)12-16(29-2)13-3-4-13/h5-11,13,16H,3-4,12H2,1-2H3,(H,21,23,24). The molecule has 29 heavy (non-hydrogen) atoms. The second-order valence-electron chi connectivity index (χ2n) is 7.31. The zero-order valence-corrected chi connectivity index (χ0v) is 16.4. The number of aromatic nitrogens is 7. The highest BCUT2D eigenvalue weighted by molar-refractivity contribution is 5.65. The Kier molecular flexibility index (Phi) is 4.44. The summed E-state index contributed by atoms with van der Waals surface area (Å²) in [6, 6.07) is 7.76. The molecule has 1 N–H and O–H groups in total. The largest absolute Gasteiger partial charge is 0.381 e. The molecule has 4 aromatic heterocycles. The number of hydrogen-bond donors (Lipinski definition) is 1. The Labute approximate surface area is 167 Å². The molecule has 1 atom stereocenters. The molecule has 0 bridgehead atoms. The average molecular weight is 390 g/mol. The Morgan fingerprint density at radius 1 is 1.21 bits per heavy atom. The lowest BCUT2D eigenvalue weighted by Gasteiger charge is -2.13. The van der Waals surface area contributed by atoms with E-state index in [1.54, 1.807) is 24.2 Å². The summed E-state index contributed by atoms with van der Waals surface area (Å²) < 4.78 is 9.40. The van der Waals surface area contributed by atoms with Gasteiger partial charge in [0.05, 0.1) is 18.0 Å². The third-order valence-electron chi connectivity index (χ3n) is 5.33. The van der Waals surface area contributed by atoms with E-state index in [1.165, 1.54) is 12.8 Å². The van der Waals surface area contributed by atoms with Gasteiger partial charge in [-0.3, -0.25) is 9.08 Å². The van der Waals surface area contributed by atoms with E-state index in [9.17, 15) is 0 Å². The van der Waals surface area contributed by atoms with Crippen LogP contribution in [0.3, 0.4) is 0 Å². The molecule has 1 fully saturated rings. The fourth-order valence-electron chi connectivity index (χ4n) is 3.52. The smallest absolute Gasteiger partial charge is 0.228 e. The topological polar surface area (TPSA) is 95.0 Å². The minimum atomic E-state index is 0.213. The van der Waals surface area contributed by atoms with Gasteiger partial charge in [-0.25, -0.2) is 9.97 Å². The highest BCUT2D eigenvalue weighted by Gasteiger charge is 2.32. The van der Waals surface area contributed by atoms with E-state index in [1.807, 2.05) is 41.9 Å². The van der Waals surface area contributed by atoms with Crippen LogP contribution < -0.4 is 5.32 Å². The van der Waals surface area contributed by atoms with Crippen LogP contribution in [0.2, 0.25) is 0 Å². The number of nitrogens with zero attached hydrogens (tertiary/aromatic N) is 7. The fourth-order valence-corrected chi connectivity index (χ4v) is 3.52. The van der Waals surface area contributed by atoms with Crippen molar-refractivity contribution in [3.05, 3.63) is 48.7 Å². The molecule has 5 rings (SSSR count). The molecule has 0 spiro atoms. The molecule has 0 radical (unpaired) electrons. The van der Waals surface area contributed by atoms with Gasteiger partial charge in [0.15, 0.2) is 5.65 Å². The van der Waals surface area contributed by atoms with Crippen LogP contribution in [0, 0.1) is 5.92 Å². The van der Waals surface area contributed by atoms with Gasteiger partial charge in [0.1, 0.15) is 11.6 Å². The first-order valence-electron chi connectivity index (χ1n) is 9.66. The minimum Gasteiger partial charge on any atom is -0.381 e. The zero-order valence-electron chi connectivity index (χ0n) is 16.4. The SMILES string of the molecule is COC(Cc1nnc2cc(-c3ccnc(Nc4ccnn4C)n3)ccn12)C1CC1. The van der Waals surface area contributed by atoms with E-state index in [2.05, 4.69) is 30.6 Å². The third kappa shape index (κ3) is 3.56. The van der Waals surface area contributed by atoms with Gasteiger partial charge in [0, 0.05) is 44.6 Å². The minimum absolute atomic E-state index is 0.213. The molecule has 4 aromatic rings. The van der Waals surface area contributed by atoms with Crippen LogP contribution in [0.25, 0.3) is 16.9 Å². The maximum absolute atomic E-state index is 5.64. The molecule has 0 aliphatic heterocycles. The third-order valence-corrected chi connectivity index (χ3v) is 5.33. The molecule has 0 amide bonds. The van der Waals surface area contributed by atoms with Gasteiger partial charge in [-0.15, -0.1) is 10.2 Å². The summed E-state index contributed by atoms with van der Waals surface area (Å²) in [6.07, 6.45) is 8.92. The van der Waals surface area contributed by atoms with E-state index < -0.39 is 0 Å². The second kappa shape index (κ2) is 7.25. The van der Waals surface area contributed by atoms with E-state index in [4.69, 9.17) is 4.74 Å². The summed E-state index contributed by atoms with van der Waals surface area (Å²) in [6.45, 7) is 0. The quantitative estimate of drug-likeness (QED) is 0.518. The molecular formula is C20H22N8O. The van der Waals surface area contributed by atoms with Crippen molar-refractivity contribution in [3.8, 4) is 11.3 Å². The number of anilines is 2. The Hall–Kier alpha value is -3.33. The Morgan fingerprint density at radius 2 is 2.10 bits per heavy atom. The molecule has 0 saturated heterocycles. The number of pyridine rings is 1. The number of methoxy groups -OCH3 is 1. The van der Waals surface area contributed by atoms with Crippen molar-refractivity contribution < 1.29 is 4.74 Å². The predicted molar refractivity (Wildman–Crippen MR) is 108 cm³/mol. The molecule has 148 valence electrons. The fraction of sp³-hybridized carbons (Fsp3) is 0.350. The predicted octanol–water partition coefficient (Wildman–Crippen LogP) is 2.63. The van der Waals surface area contributed by atoms with Gasteiger partial charge < -0.3 is 10.1 Å². The molecule has 1 saturated carbocycles. The van der Waals surface area contributed by atoms with Gasteiger partial charge >= 0.3 is 0 Å². The molecule has 1 unspecified atom stereocenters. The number of aryl methyl sites for hydroxylation is 1. The van der Waals surface area contributed by atoms with Gasteiger partial charge in [0.2, 0.25) is 5.95 Å². The second-order valence-corrected chi connectivity index (χ2v) is 7.31. The number of ether oxygens (including phenoxy) is 1. The molecule has 1 aliphatic rings. The first-order valence-corrected chi connectivity index (χ1v) is 9.66. The maximum atomic E-state index is 5.64. The zero-order chi connectivity index (χ0) is 19.8. The van der Waals surface area contributed by atoms with E-state index in [0.717, 1.165) is 35.0 Å². The molecule has 9 heteroatoms. The van der Waals surface area contributed by atoms with Crippen molar-refractivity contribution in [3.63, 3.8) is 0 Å². The summed E-state index contributed by atoms with van der Waals surface area (Å²) >= 11 is 0. The number of hydrogen-bond acceptors (Lipinski definition) is 7. The first-order chi connectivity index (χ1) is 14.2. The normalized spacial score (nSPS) is 15.0. The highest BCUT2D eigenvalue weighted by Crippen LogP contribution is 2.35. The van der Waals surface area contributed by atoms with Gasteiger partial charge in [-0.05, 0) is 37.0 Å². The summed E-state index contributed by atoms with van der Waals surface area (Å²) in [7, 11) is 3.64. The summed E-state index contributed by atoms with van der Waals surface area (Å²) in [5.74, 6) is 2.91. The molecule has 0 aromatic carbocycles. The van der Waals surface area contributed by atoms with Gasteiger partial charge in [0.25, 0.3) is 0 Å². The highest BCUT2D eigenvalue weighted by atomic mass is 16.5. The molecular weight excluding hydrogens is 368 g/mol. The van der Waals surface area contributed by atoms with Crippen LogP contribution >= 0.6 is 0 Å². The summed E-state index contributed by atoms with van der Waals surface area (Å²) in [5, 5.41) is 16.1. The van der Waals surface area contributed by atoms with Gasteiger partial charge in [-0.2, -0.15) is 5.10 Å². The van der Waals surface area contributed by atoms with Crippen molar-refractivity contribution in [2.75, 3.05) is 12.4 Å². The van der Waals surface area contributed by atoms with E-state index in [-0.39, 0.29) is 6.10 Å². The number of rotatable bonds is 7. The van der Waals surface area contributed by atoms with Crippen LogP contribution in [-0.4, -0.2) is 47.6 Å². The van der Waals surface area contributed by atoms with Crippen molar-refractivity contribution in [1.82, 2.24) is 34.3 Å². The molecule has 4 heterocycles. The number of nitrogens with one attached hydrogen (secondary N) is 1. The lowest BCUT2D eigenvalue weighted by molar-refractivity contribution is 0.0829. The van der Waals surface area contributed by atoms with Crippen LogP contribution in [0.15, 0.2) is 42.9 Å². The van der Waals surface area contributed by atoms with Crippen molar-refractivity contribution in [1.29, 1.82) is 0 Å². The van der Waals surface area contributed by atoms with Crippen LogP contribution in [0.4, 0.5) is 11.8 Å². The van der Waals surface area contributed by atoms with Gasteiger partial charge in [-0.1, -0.05) is 0 Å². The van der Waals surface area contributed by atoms with Crippen molar-refractivity contribution in [2.45, 2.75) is 25.4 Å². The molecule has 1 aliphatic carbocycles. The van der Waals surface area contributed by atoms with E-state index >= 15 is 0 Å². The lowest BCUT2D eigenvalue weighted by Crippen LogP contribution is -2.18. The Morgan fingerprint density at radius 3 is 2.86 bits per heavy atom. The monoisotopic (exact) mass is 390 g/mol. The number of fused-ring (bicyclic) bond motifs is 1. The summed E-state index contributed by atoms with van der Waals surface area (Å²) in [5.41, 5.74) is 2.56. The average Bonchev–Trinajstić information content (AvgIpc) is 3.40. The van der Waals surface area contributed by atoms with Crippen LogP contribution in [0.5, 0.6) is 0 Å².